The van der Waals surface area contributed by atoms with Crippen LogP contribution in [0.5, 0.6) is 0 Å². The molecular weight excluding hydrogens is 242 g/mol. The van der Waals surface area contributed by atoms with E-state index in [0.29, 0.717) is 30.2 Å². The third-order valence-electron chi connectivity index (χ3n) is 2.05. The highest BCUT2D eigenvalue weighted by molar-refractivity contribution is 7.84. The van der Waals surface area contributed by atoms with Crippen LogP contribution in [0.4, 0.5) is 11.5 Å². The Kier molecular flexibility index (Phi) is 4.89. The van der Waals surface area contributed by atoms with Crippen molar-refractivity contribution in [2.24, 2.45) is 0 Å². The van der Waals surface area contributed by atoms with Gasteiger partial charge < -0.3 is 16.2 Å². The van der Waals surface area contributed by atoms with Crippen LogP contribution in [0.1, 0.15) is 16.9 Å². The third kappa shape index (κ3) is 4.39. The molecule has 0 aliphatic rings. The van der Waals surface area contributed by atoms with Gasteiger partial charge in [-0.3, -0.25) is 4.21 Å². The van der Waals surface area contributed by atoms with Gasteiger partial charge in [0.15, 0.2) is 5.69 Å². The molecule has 0 amide bonds. The summed E-state index contributed by atoms with van der Waals surface area (Å²) in [6.45, 7) is 0.555. The number of nitrogens with zero attached hydrogens (tertiary/aromatic N) is 1. The van der Waals surface area contributed by atoms with Gasteiger partial charge in [0.1, 0.15) is 5.82 Å². The van der Waals surface area contributed by atoms with Crippen molar-refractivity contribution in [3.8, 4) is 0 Å². The fourth-order valence-electron chi connectivity index (χ4n) is 1.21. The van der Waals surface area contributed by atoms with Gasteiger partial charge >= 0.3 is 5.97 Å². The molecule has 0 spiro atoms. The second-order valence-electron chi connectivity index (χ2n) is 3.50. The molecule has 0 saturated heterocycles. The predicted octanol–water partition coefficient (Wildman–Crippen LogP) is 0.543. The molecule has 6 nitrogen and oxygen atoms in total. The van der Waals surface area contributed by atoms with Crippen LogP contribution in [0.3, 0.4) is 0 Å². The molecule has 1 unspecified atom stereocenters. The molecule has 0 bridgehead atoms. The standard InChI is InChI=1S/C10H15N3O3S/c1-17(16)6-2-5-12-9-7(11)3-4-8(13-9)10(14)15/h3-4H,2,5-6,11H2,1H3,(H,12,13)(H,14,15). The first-order chi connectivity index (χ1) is 8.00. The normalized spacial score (nSPS) is 12.1. The zero-order valence-electron chi connectivity index (χ0n) is 9.47. The highest BCUT2D eigenvalue weighted by Gasteiger charge is 2.08. The fraction of sp³-hybridized carbons (Fsp3) is 0.400. The van der Waals surface area contributed by atoms with Crippen LogP contribution in [-0.4, -0.2) is 38.8 Å². The summed E-state index contributed by atoms with van der Waals surface area (Å²) in [6, 6.07) is 2.85. The minimum atomic E-state index is -1.09. The molecule has 1 aromatic rings. The van der Waals surface area contributed by atoms with Crippen molar-refractivity contribution in [3.05, 3.63) is 17.8 Å². The van der Waals surface area contributed by atoms with Gasteiger partial charge in [-0.05, 0) is 18.6 Å². The lowest BCUT2D eigenvalue weighted by atomic mass is 10.3. The van der Waals surface area contributed by atoms with E-state index in [1.54, 1.807) is 6.26 Å². The van der Waals surface area contributed by atoms with Crippen LogP contribution in [-0.2, 0) is 10.8 Å². The number of nitrogen functional groups attached to an aromatic ring is 1. The minimum absolute atomic E-state index is 0.0548. The van der Waals surface area contributed by atoms with Crippen molar-refractivity contribution in [1.29, 1.82) is 0 Å². The minimum Gasteiger partial charge on any atom is -0.477 e. The average molecular weight is 257 g/mol. The van der Waals surface area contributed by atoms with E-state index in [4.69, 9.17) is 10.8 Å². The van der Waals surface area contributed by atoms with Crippen LogP contribution in [0.15, 0.2) is 12.1 Å². The number of hydrogen-bond acceptors (Lipinski definition) is 5. The lowest BCUT2D eigenvalue weighted by Gasteiger charge is -2.08. The molecule has 0 aliphatic heterocycles. The molecule has 0 aromatic carbocycles. The summed E-state index contributed by atoms with van der Waals surface area (Å²) in [5.74, 6) is -0.152. The molecule has 7 heteroatoms. The van der Waals surface area contributed by atoms with E-state index in [1.165, 1.54) is 12.1 Å². The molecule has 1 atom stereocenters. The van der Waals surface area contributed by atoms with Gasteiger partial charge in [0.25, 0.3) is 0 Å². The summed E-state index contributed by atoms with van der Waals surface area (Å²) >= 11 is 0. The quantitative estimate of drug-likeness (QED) is 0.642. The number of rotatable bonds is 6. The average Bonchev–Trinajstić information content (AvgIpc) is 2.25. The largest absolute Gasteiger partial charge is 0.477 e. The Morgan fingerprint density at radius 3 is 2.88 bits per heavy atom. The first-order valence-corrected chi connectivity index (χ1v) is 6.77. The molecule has 0 fully saturated rings. The Morgan fingerprint density at radius 2 is 2.29 bits per heavy atom. The number of carboxylic acids is 1. The Hall–Kier alpha value is -1.63. The third-order valence-corrected chi connectivity index (χ3v) is 2.91. The number of carboxylic acid groups (broad SMARTS) is 1. The van der Waals surface area contributed by atoms with E-state index in [2.05, 4.69) is 10.3 Å². The first-order valence-electron chi connectivity index (χ1n) is 5.04. The maximum absolute atomic E-state index is 10.8. The van der Waals surface area contributed by atoms with Crippen molar-refractivity contribution in [3.63, 3.8) is 0 Å². The molecule has 94 valence electrons. The van der Waals surface area contributed by atoms with Crippen molar-refractivity contribution >= 4 is 28.3 Å². The van der Waals surface area contributed by atoms with Crippen LogP contribution in [0.2, 0.25) is 0 Å². The lowest BCUT2D eigenvalue weighted by Crippen LogP contribution is -2.11. The van der Waals surface area contributed by atoms with Gasteiger partial charge in [-0.15, -0.1) is 0 Å². The number of aromatic nitrogens is 1. The second-order valence-corrected chi connectivity index (χ2v) is 5.05. The Labute approximate surface area is 102 Å². The van der Waals surface area contributed by atoms with E-state index in [-0.39, 0.29) is 5.69 Å². The summed E-state index contributed by atoms with van der Waals surface area (Å²) in [4.78, 5) is 14.6. The monoisotopic (exact) mass is 257 g/mol. The fourth-order valence-corrected chi connectivity index (χ4v) is 1.76. The van der Waals surface area contributed by atoms with Gasteiger partial charge in [0.2, 0.25) is 0 Å². The summed E-state index contributed by atoms with van der Waals surface area (Å²) in [5.41, 5.74) is 5.99. The number of pyridine rings is 1. The highest BCUT2D eigenvalue weighted by atomic mass is 32.2. The molecule has 0 saturated carbocycles. The molecule has 1 aromatic heterocycles. The van der Waals surface area contributed by atoms with E-state index in [9.17, 15) is 9.00 Å². The van der Waals surface area contributed by atoms with Gasteiger partial charge in [0.05, 0.1) is 5.69 Å². The topological polar surface area (TPSA) is 105 Å². The van der Waals surface area contributed by atoms with Gasteiger partial charge in [-0.2, -0.15) is 0 Å². The van der Waals surface area contributed by atoms with Crippen molar-refractivity contribution in [2.75, 3.05) is 29.6 Å². The highest BCUT2D eigenvalue weighted by Crippen LogP contribution is 2.15. The lowest BCUT2D eigenvalue weighted by molar-refractivity contribution is 0.0690. The summed E-state index contributed by atoms with van der Waals surface area (Å²) in [6.07, 6.45) is 2.35. The summed E-state index contributed by atoms with van der Waals surface area (Å²) < 4.78 is 10.8. The molecule has 1 heterocycles. The molecule has 17 heavy (non-hydrogen) atoms. The van der Waals surface area contributed by atoms with E-state index in [0.717, 1.165) is 0 Å². The molecule has 1 rings (SSSR count). The van der Waals surface area contributed by atoms with Crippen molar-refractivity contribution in [1.82, 2.24) is 4.98 Å². The Balaban J connectivity index is 2.60. The number of nitrogens with two attached hydrogens (primary N) is 1. The van der Waals surface area contributed by atoms with Crippen LogP contribution in [0.25, 0.3) is 0 Å². The van der Waals surface area contributed by atoms with Crippen molar-refractivity contribution in [2.45, 2.75) is 6.42 Å². The molecule has 0 aliphatic carbocycles. The van der Waals surface area contributed by atoms with E-state index >= 15 is 0 Å². The maximum atomic E-state index is 10.8. The molecule has 0 radical (unpaired) electrons. The summed E-state index contributed by atoms with van der Waals surface area (Å²) in [5, 5.41) is 11.7. The smallest absolute Gasteiger partial charge is 0.354 e. The van der Waals surface area contributed by atoms with Gasteiger partial charge in [-0.1, -0.05) is 0 Å². The molecular formula is C10H15N3O3S. The number of nitrogens with one attached hydrogen (secondary N) is 1. The van der Waals surface area contributed by atoms with Gasteiger partial charge in [0, 0.05) is 29.4 Å². The Bertz CT molecular complexity index is 437. The zero-order valence-corrected chi connectivity index (χ0v) is 10.3. The van der Waals surface area contributed by atoms with Crippen molar-refractivity contribution < 1.29 is 14.1 Å². The Morgan fingerprint density at radius 1 is 1.59 bits per heavy atom. The zero-order chi connectivity index (χ0) is 12.8. The molecule has 4 N–H and O–H groups in total. The number of carbonyl (C=O) groups is 1. The van der Waals surface area contributed by atoms with Gasteiger partial charge in [-0.25, -0.2) is 9.78 Å². The second kappa shape index (κ2) is 6.19. The van der Waals surface area contributed by atoms with E-state index < -0.39 is 16.8 Å². The number of aromatic carboxylic acids is 1. The number of anilines is 2. The maximum Gasteiger partial charge on any atom is 0.354 e. The van der Waals surface area contributed by atoms with Crippen LogP contribution in [0, 0.1) is 0 Å². The van der Waals surface area contributed by atoms with E-state index in [1.807, 2.05) is 0 Å². The number of hydrogen-bond donors (Lipinski definition) is 3. The van der Waals surface area contributed by atoms with Crippen LogP contribution >= 0.6 is 0 Å². The SMILES string of the molecule is CS(=O)CCCNc1nc(C(=O)O)ccc1N. The first kappa shape index (κ1) is 13.4. The van der Waals surface area contributed by atoms with Crippen LogP contribution < -0.4 is 11.1 Å². The predicted molar refractivity (Wildman–Crippen MR) is 67.6 cm³/mol. The summed E-state index contributed by atoms with van der Waals surface area (Å²) in [7, 11) is -0.826.